The van der Waals surface area contributed by atoms with Gasteiger partial charge in [0.1, 0.15) is 5.82 Å². The third kappa shape index (κ3) is 4.28. The summed E-state index contributed by atoms with van der Waals surface area (Å²) in [7, 11) is -3.82. The Kier molecular flexibility index (Phi) is 7.37. The van der Waals surface area contributed by atoms with Gasteiger partial charge in [0.15, 0.2) is 0 Å². The molecule has 0 unspecified atom stereocenters. The van der Waals surface area contributed by atoms with Crippen LogP contribution in [0.5, 0.6) is 0 Å². The van der Waals surface area contributed by atoms with Crippen LogP contribution in [-0.4, -0.2) is 38.8 Å². The van der Waals surface area contributed by atoms with Crippen molar-refractivity contribution in [3.8, 4) is 0 Å². The normalized spacial score (nSPS) is 21.9. The van der Waals surface area contributed by atoms with Gasteiger partial charge in [0.25, 0.3) is 0 Å². The lowest BCUT2D eigenvalue weighted by Gasteiger charge is -2.16. The van der Waals surface area contributed by atoms with E-state index >= 15 is 0 Å². The standard InChI is InChI=1S/C11H15FN2O3S.2ClH/c1-7-2-3-8(12)4-11(7)18(16,17)14-9-5-13-6-10(9)15;;/h2-4,9-10,13-15H,5-6H2,1H3;2*1H/t9-,10-;;/m1../s1. The molecule has 20 heavy (non-hydrogen) atoms. The van der Waals surface area contributed by atoms with Gasteiger partial charge < -0.3 is 10.4 Å². The van der Waals surface area contributed by atoms with Crippen LogP contribution in [-0.2, 0) is 10.0 Å². The number of halogens is 3. The van der Waals surface area contributed by atoms with Crippen molar-refractivity contribution >= 4 is 34.8 Å². The summed E-state index contributed by atoms with van der Waals surface area (Å²) in [6.45, 7) is 2.29. The Morgan fingerprint density at radius 2 is 2.00 bits per heavy atom. The first-order chi connectivity index (χ1) is 8.40. The molecule has 1 saturated heterocycles. The van der Waals surface area contributed by atoms with Gasteiger partial charge in [0.2, 0.25) is 10.0 Å². The van der Waals surface area contributed by atoms with Crippen molar-refractivity contribution in [1.82, 2.24) is 10.0 Å². The zero-order chi connectivity index (χ0) is 13.3. The smallest absolute Gasteiger partial charge is 0.241 e. The summed E-state index contributed by atoms with van der Waals surface area (Å²) in [5.41, 5.74) is 0.462. The lowest BCUT2D eigenvalue weighted by molar-refractivity contribution is 0.172. The van der Waals surface area contributed by atoms with Crippen molar-refractivity contribution < 1.29 is 17.9 Å². The quantitative estimate of drug-likeness (QED) is 0.748. The third-order valence-electron chi connectivity index (χ3n) is 2.93. The minimum Gasteiger partial charge on any atom is -0.390 e. The van der Waals surface area contributed by atoms with Gasteiger partial charge in [-0.2, -0.15) is 0 Å². The van der Waals surface area contributed by atoms with Crippen LogP contribution < -0.4 is 10.0 Å². The monoisotopic (exact) mass is 346 g/mol. The second-order valence-electron chi connectivity index (χ2n) is 4.36. The van der Waals surface area contributed by atoms with E-state index in [1.54, 1.807) is 6.92 Å². The molecule has 9 heteroatoms. The second kappa shape index (κ2) is 7.53. The number of nitrogens with one attached hydrogen (secondary N) is 2. The van der Waals surface area contributed by atoms with Crippen LogP contribution in [0.1, 0.15) is 5.56 Å². The van der Waals surface area contributed by atoms with E-state index in [4.69, 9.17) is 0 Å². The maximum Gasteiger partial charge on any atom is 0.241 e. The summed E-state index contributed by atoms with van der Waals surface area (Å²) in [6.07, 6.45) is -0.770. The van der Waals surface area contributed by atoms with E-state index in [1.807, 2.05) is 0 Å². The van der Waals surface area contributed by atoms with Crippen LogP contribution in [0.3, 0.4) is 0 Å². The molecule has 1 aliphatic heterocycles. The molecule has 2 atom stereocenters. The number of rotatable bonds is 3. The molecule has 0 spiro atoms. The topological polar surface area (TPSA) is 78.4 Å². The van der Waals surface area contributed by atoms with Gasteiger partial charge in [-0.05, 0) is 24.6 Å². The van der Waals surface area contributed by atoms with Crippen LogP contribution in [0.4, 0.5) is 4.39 Å². The molecule has 5 nitrogen and oxygen atoms in total. The zero-order valence-corrected chi connectivity index (χ0v) is 13.1. The van der Waals surface area contributed by atoms with E-state index in [1.165, 1.54) is 12.1 Å². The summed E-state index contributed by atoms with van der Waals surface area (Å²) in [4.78, 5) is -0.0957. The van der Waals surface area contributed by atoms with E-state index in [0.29, 0.717) is 18.7 Å². The maximum atomic E-state index is 13.1. The number of aryl methyl sites for hydroxylation is 1. The van der Waals surface area contributed by atoms with Crippen LogP contribution in [0.25, 0.3) is 0 Å². The highest BCUT2D eigenvalue weighted by Gasteiger charge is 2.30. The molecule has 0 aliphatic carbocycles. The summed E-state index contributed by atoms with van der Waals surface area (Å²) in [5.74, 6) is -0.605. The average Bonchev–Trinajstić information content (AvgIpc) is 2.67. The van der Waals surface area contributed by atoms with Crippen molar-refractivity contribution in [2.45, 2.75) is 24.0 Å². The number of aliphatic hydroxyl groups excluding tert-OH is 1. The van der Waals surface area contributed by atoms with Gasteiger partial charge in [-0.25, -0.2) is 17.5 Å². The molecule has 0 bridgehead atoms. The molecule has 1 fully saturated rings. The molecular weight excluding hydrogens is 330 g/mol. The molecule has 0 aromatic heterocycles. The van der Waals surface area contributed by atoms with Crippen LogP contribution in [0.15, 0.2) is 23.1 Å². The van der Waals surface area contributed by atoms with Crippen LogP contribution in [0, 0.1) is 12.7 Å². The molecule has 0 saturated carbocycles. The van der Waals surface area contributed by atoms with Crippen LogP contribution in [0.2, 0.25) is 0 Å². The number of β-amino-alcohol motifs (C(OH)–C–C–N with tert-alkyl or cyclic N) is 1. The van der Waals surface area contributed by atoms with Gasteiger partial charge in [-0.1, -0.05) is 6.07 Å². The van der Waals surface area contributed by atoms with Gasteiger partial charge in [-0.15, -0.1) is 24.8 Å². The molecule has 2 rings (SSSR count). The third-order valence-corrected chi connectivity index (χ3v) is 4.56. The molecule has 1 aliphatic rings. The first kappa shape index (κ1) is 19.6. The fourth-order valence-corrected chi connectivity index (χ4v) is 3.44. The fraction of sp³-hybridized carbons (Fsp3) is 0.455. The Hall–Kier alpha value is -0.440. The van der Waals surface area contributed by atoms with E-state index in [-0.39, 0.29) is 29.7 Å². The summed E-state index contributed by atoms with van der Waals surface area (Å²) >= 11 is 0. The van der Waals surface area contributed by atoms with Gasteiger partial charge in [0.05, 0.1) is 17.0 Å². The molecular formula is C11H17Cl2FN2O3S. The number of aliphatic hydroxyl groups is 1. The van der Waals surface area contributed by atoms with E-state index < -0.39 is 28.0 Å². The molecule has 1 heterocycles. The molecule has 0 amide bonds. The largest absolute Gasteiger partial charge is 0.390 e. The van der Waals surface area contributed by atoms with Crippen molar-refractivity contribution in [3.05, 3.63) is 29.6 Å². The van der Waals surface area contributed by atoms with E-state index in [2.05, 4.69) is 10.0 Å². The SMILES string of the molecule is Cc1ccc(F)cc1S(=O)(=O)N[C@@H]1CNC[C@H]1O.Cl.Cl. The van der Waals surface area contributed by atoms with Gasteiger partial charge >= 0.3 is 0 Å². The zero-order valence-electron chi connectivity index (χ0n) is 10.7. The van der Waals surface area contributed by atoms with E-state index in [9.17, 15) is 17.9 Å². The number of hydrogen-bond donors (Lipinski definition) is 3. The molecule has 1 aromatic carbocycles. The Morgan fingerprint density at radius 3 is 2.55 bits per heavy atom. The summed E-state index contributed by atoms with van der Waals surface area (Å²) in [5, 5.41) is 12.4. The summed E-state index contributed by atoms with van der Waals surface area (Å²) < 4.78 is 39.7. The summed E-state index contributed by atoms with van der Waals surface area (Å²) in [6, 6.07) is 3.01. The number of benzene rings is 1. The highest BCUT2D eigenvalue weighted by molar-refractivity contribution is 7.89. The maximum absolute atomic E-state index is 13.1. The Bertz CT molecular complexity index is 557. The van der Waals surface area contributed by atoms with Gasteiger partial charge in [0, 0.05) is 13.1 Å². The first-order valence-corrected chi connectivity index (χ1v) is 7.06. The predicted molar refractivity (Wildman–Crippen MR) is 78.6 cm³/mol. The second-order valence-corrected chi connectivity index (χ2v) is 6.05. The lowest BCUT2D eigenvalue weighted by Crippen LogP contribution is -2.42. The fourth-order valence-electron chi connectivity index (χ4n) is 1.91. The molecule has 116 valence electrons. The minimum atomic E-state index is -3.82. The average molecular weight is 347 g/mol. The molecule has 1 aromatic rings. The predicted octanol–water partition coefficient (Wildman–Crippen LogP) is 0.589. The van der Waals surface area contributed by atoms with Crippen LogP contribution >= 0.6 is 24.8 Å². The number of sulfonamides is 1. The Morgan fingerprint density at radius 1 is 1.35 bits per heavy atom. The van der Waals surface area contributed by atoms with Gasteiger partial charge in [-0.3, -0.25) is 0 Å². The highest BCUT2D eigenvalue weighted by Crippen LogP contribution is 2.17. The minimum absolute atomic E-state index is 0. The van der Waals surface area contributed by atoms with Crippen molar-refractivity contribution in [3.63, 3.8) is 0 Å². The first-order valence-electron chi connectivity index (χ1n) is 5.57. The molecule has 0 radical (unpaired) electrons. The molecule has 3 N–H and O–H groups in total. The van der Waals surface area contributed by atoms with Crippen molar-refractivity contribution in [1.29, 1.82) is 0 Å². The number of hydrogen-bond acceptors (Lipinski definition) is 4. The lowest BCUT2D eigenvalue weighted by atomic mass is 10.2. The Labute approximate surface area is 129 Å². The Balaban J connectivity index is 0.00000180. The van der Waals surface area contributed by atoms with E-state index in [0.717, 1.165) is 6.07 Å². The van der Waals surface area contributed by atoms with Crippen molar-refractivity contribution in [2.75, 3.05) is 13.1 Å². The van der Waals surface area contributed by atoms with Crippen molar-refractivity contribution in [2.24, 2.45) is 0 Å². The highest BCUT2D eigenvalue weighted by atomic mass is 35.5.